The number of aliphatic carboxylic acids is 1. The van der Waals surface area contributed by atoms with Crippen LogP contribution >= 0.6 is 11.3 Å². The van der Waals surface area contributed by atoms with Crippen molar-refractivity contribution >= 4 is 23.1 Å². The van der Waals surface area contributed by atoms with Crippen LogP contribution in [0.3, 0.4) is 0 Å². The second-order valence-corrected chi connectivity index (χ2v) is 3.42. The van der Waals surface area contributed by atoms with Gasteiger partial charge >= 0.3 is 0 Å². The summed E-state index contributed by atoms with van der Waals surface area (Å²) < 4.78 is 0. The summed E-state index contributed by atoms with van der Waals surface area (Å²) in [4.78, 5) is 20.6. The van der Waals surface area contributed by atoms with Crippen LogP contribution in [-0.2, 0) is 4.79 Å². The van der Waals surface area contributed by atoms with E-state index in [4.69, 9.17) is 9.90 Å². The van der Waals surface area contributed by atoms with Gasteiger partial charge in [0, 0.05) is 6.92 Å². The summed E-state index contributed by atoms with van der Waals surface area (Å²) in [7, 11) is 0. The predicted molar refractivity (Wildman–Crippen MR) is 52.4 cm³/mol. The Bertz CT molecular complexity index is 298. The van der Waals surface area contributed by atoms with Crippen LogP contribution in [0.1, 0.15) is 29.1 Å². The Morgan fingerprint density at radius 3 is 2.00 bits per heavy atom. The molecule has 4 heteroatoms. The van der Waals surface area contributed by atoms with E-state index in [1.54, 1.807) is 6.92 Å². The van der Waals surface area contributed by atoms with Crippen LogP contribution in [-0.4, -0.2) is 16.9 Å². The van der Waals surface area contributed by atoms with E-state index in [2.05, 4.69) is 0 Å². The highest BCUT2D eigenvalue weighted by Crippen LogP contribution is 2.15. The molecule has 0 radical (unpaired) electrons. The van der Waals surface area contributed by atoms with Gasteiger partial charge < -0.3 is 5.11 Å². The fourth-order valence-electron chi connectivity index (χ4n) is 0.733. The lowest BCUT2D eigenvalue weighted by Gasteiger charge is -1.87. The third-order valence-corrected chi connectivity index (χ3v) is 2.30. The molecular weight excluding hydrogens is 188 g/mol. The molecule has 1 N–H and O–H groups in total. The third-order valence-electron chi connectivity index (χ3n) is 1.18. The minimum absolute atomic E-state index is 0.169. The van der Waals surface area contributed by atoms with Crippen LogP contribution in [0.2, 0.25) is 0 Å². The van der Waals surface area contributed by atoms with Gasteiger partial charge in [0.2, 0.25) is 0 Å². The first kappa shape index (κ1) is 11.8. The van der Waals surface area contributed by atoms with Crippen molar-refractivity contribution in [2.24, 2.45) is 0 Å². The normalized spacial score (nSPS) is 8.54. The first-order valence-corrected chi connectivity index (χ1v) is 4.57. The Morgan fingerprint density at radius 1 is 1.38 bits per heavy atom. The number of hydrogen-bond acceptors (Lipinski definition) is 3. The third kappa shape index (κ3) is 5.14. The highest BCUT2D eigenvalue weighted by molar-refractivity contribution is 7.12. The Hall–Kier alpha value is -1.16. The molecule has 0 fully saturated rings. The number of rotatable bonds is 1. The maximum Gasteiger partial charge on any atom is 0.300 e. The Kier molecular flexibility index (Phi) is 4.99. The van der Waals surface area contributed by atoms with Gasteiger partial charge in [-0.2, -0.15) is 0 Å². The first-order valence-electron chi connectivity index (χ1n) is 3.69. The second kappa shape index (κ2) is 5.48. The zero-order valence-electron chi connectivity index (χ0n) is 7.83. The van der Waals surface area contributed by atoms with Crippen molar-refractivity contribution in [1.82, 2.24) is 0 Å². The van der Waals surface area contributed by atoms with Crippen molar-refractivity contribution in [2.45, 2.75) is 20.8 Å². The number of hydrogen-bond donors (Lipinski definition) is 1. The maximum absolute atomic E-state index is 10.7. The van der Waals surface area contributed by atoms with Crippen molar-refractivity contribution in [3.63, 3.8) is 0 Å². The van der Waals surface area contributed by atoms with Crippen molar-refractivity contribution in [3.05, 3.63) is 21.9 Å². The molecule has 1 aromatic heterocycles. The lowest BCUT2D eigenvalue weighted by atomic mass is 10.2. The summed E-state index contributed by atoms with van der Waals surface area (Å²) in [5, 5.41) is 9.35. The van der Waals surface area contributed by atoms with E-state index >= 15 is 0 Å². The highest BCUT2D eigenvalue weighted by Gasteiger charge is 2.02. The standard InChI is InChI=1S/C7H8OS.C2H4O2/c1-5-3-4-9-7(5)6(2)8;1-2(3)4/h3-4H,1-2H3;1H3,(H,3,4). The van der Waals surface area contributed by atoms with E-state index < -0.39 is 5.97 Å². The van der Waals surface area contributed by atoms with Gasteiger partial charge in [0.1, 0.15) is 0 Å². The van der Waals surface area contributed by atoms with Crippen LogP contribution in [0.15, 0.2) is 11.4 Å². The van der Waals surface area contributed by atoms with Gasteiger partial charge in [-0.1, -0.05) is 0 Å². The molecule has 13 heavy (non-hydrogen) atoms. The van der Waals surface area contributed by atoms with Gasteiger partial charge in [0.15, 0.2) is 5.78 Å². The lowest BCUT2D eigenvalue weighted by molar-refractivity contribution is -0.134. The summed E-state index contributed by atoms with van der Waals surface area (Å²) >= 11 is 1.51. The number of thiophene rings is 1. The first-order chi connectivity index (χ1) is 5.95. The molecule has 1 heterocycles. The molecule has 0 saturated carbocycles. The summed E-state index contributed by atoms with van der Waals surface area (Å²) in [5.74, 6) is -0.664. The molecule has 3 nitrogen and oxygen atoms in total. The molecule has 0 aromatic carbocycles. The van der Waals surface area contributed by atoms with E-state index in [1.165, 1.54) is 11.3 Å². The molecule has 0 unspecified atom stereocenters. The molecule has 0 aliphatic heterocycles. The van der Waals surface area contributed by atoms with Gasteiger partial charge in [0.25, 0.3) is 5.97 Å². The fraction of sp³-hybridized carbons (Fsp3) is 0.333. The van der Waals surface area contributed by atoms with Crippen molar-refractivity contribution < 1.29 is 14.7 Å². The van der Waals surface area contributed by atoms with Gasteiger partial charge in [0.05, 0.1) is 4.88 Å². The smallest absolute Gasteiger partial charge is 0.300 e. The molecule has 0 aliphatic rings. The second-order valence-electron chi connectivity index (χ2n) is 2.51. The van der Waals surface area contributed by atoms with Crippen LogP contribution in [0.5, 0.6) is 0 Å². The average Bonchev–Trinajstić information content (AvgIpc) is 2.33. The molecule has 0 spiro atoms. The van der Waals surface area contributed by atoms with Crippen molar-refractivity contribution in [1.29, 1.82) is 0 Å². The monoisotopic (exact) mass is 200 g/mol. The van der Waals surface area contributed by atoms with Crippen LogP contribution < -0.4 is 0 Å². The van der Waals surface area contributed by atoms with Gasteiger partial charge in [-0.25, -0.2) is 0 Å². The van der Waals surface area contributed by atoms with Gasteiger partial charge in [-0.15, -0.1) is 11.3 Å². The highest BCUT2D eigenvalue weighted by atomic mass is 32.1. The molecule has 0 amide bonds. The summed E-state index contributed by atoms with van der Waals surface area (Å²) in [6, 6.07) is 1.96. The number of ketones is 1. The molecular formula is C9H12O3S. The average molecular weight is 200 g/mol. The minimum atomic E-state index is -0.833. The molecule has 0 bridgehead atoms. The minimum Gasteiger partial charge on any atom is -0.481 e. The number of carbonyl (C=O) groups is 2. The topological polar surface area (TPSA) is 54.4 Å². The molecule has 72 valence electrons. The quantitative estimate of drug-likeness (QED) is 0.708. The number of Topliss-reactive ketones (excluding diaryl/α,β-unsaturated/α-hetero) is 1. The fourth-order valence-corrected chi connectivity index (χ4v) is 1.56. The predicted octanol–water partition coefficient (Wildman–Crippen LogP) is 2.35. The molecule has 0 aliphatic carbocycles. The summed E-state index contributed by atoms with van der Waals surface area (Å²) in [6.45, 7) is 4.63. The zero-order valence-corrected chi connectivity index (χ0v) is 8.64. The number of aryl methyl sites for hydroxylation is 1. The van der Waals surface area contributed by atoms with E-state index in [9.17, 15) is 4.79 Å². The summed E-state index contributed by atoms with van der Waals surface area (Å²) in [5.41, 5.74) is 1.09. The van der Waals surface area contributed by atoms with Crippen molar-refractivity contribution in [2.75, 3.05) is 0 Å². The van der Waals surface area contributed by atoms with E-state index in [-0.39, 0.29) is 5.78 Å². The lowest BCUT2D eigenvalue weighted by Crippen LogP contribution is -1.87. The van der Waals surface area contributed by atoms with Crippen LogP contribution in [0.25, 0.3) is 0 Å². The van der Waals surface area contributed by atoms with E-state index in [0.29, 0.717) is 0 Å². The number of carboxylic acids is 1. The SMILES string of the molecule is CC(=O)O.CC(=O)c1sccc1C. The van der Waals surface area contributed by atoms with Crippen LogP contribution in [0, 0.1) is 6.92 Å². The molecule has 0 atom stereocenters. The Morgan fingerprint density at radius 2 is 1.85 bits per heavy atom. The number of carboxylic acid groups (broad SMARTS) is 1. The maximum atomic E-state index is 10.7. The van der Waals surface area contributed by atoms with E-state index in [0.717, 1.165) is 17.4 Å². The molecule has 0 saturated heterocycles. The molecule has 1 rings (SSSR count). The largest absolute Gasteiger partial charge is 0.481 e. The molecule has 1 aromatic rings. The Balaban J connectivity index is 0.000000310. The van der Waals surface area contributed by atoms with Gasteiger partial charge in [-0.3, -0.25) is 9.59 Å². The number of carbonyl (C=O) groups excluding carboxylic acids is 1. The summed E-state index contributed by atoms with van der Waals surface area (Å²) in [6.07, 6.45) is 0. The van der Waals surface area contributed by atoms with E-state index in [1.807, 2.05) is 18.4 Å². The van der Waals surface area contributed by atoms with Crippen molar-refractivity contribution in [3.8, 4) is 0 Å². The zero-order chi connectivity index (χ0) is 10.4. The van der Waals surface area contributed by atoms with Gasteiger partial charge in [-0.05, 0) is 30.9 Å². The van der Waals surface area contributed by atoms with Crippen LogP contribution in [0.4, 0.5) is 0 Å². The Labute approximate surface area is 81.0 Å².